The summed E-state index contributed by atoms with van der Waals surface area (Å²) in [7, 11) is 1.78. The topological polar surface area (TPSA) is 99.5 Å². The molecule has 1 atom stereocenters. The van der Waals surface area contributed by atoms with E-state index in [0.29, 0.717) is 29.3 Å². The van der Waals surface area contributed by atoms with Crippen LogP contribution in [-0.2, 0) is 21.4 Å². The predicted octanol–water partition coefficient (Wildman–Crippen LogP) is 2.97. The minimum absolute atomic E-state index is 0.00196. The second-order valence-electron chi connectivity index (χ2n) is 6.67. The third-order valence-corrected chi connectivity index (χ3v) is 4.48. The molecule has 0 spiro atoms. The molecule has 2 rings (SSSR count). The van der Waals surface area contributed by atoms with Crippen LogP contribution >= 0.6 is 0 Å². The molecule has 2 aromatic rings. The molecule has 0 radical (unpaired) electrons. The van der Waals surface area contributed by atoms with Gasteiger partial charge in [0.05, 0.1) is 30.1 Å². The van der Waals surface area contributed by atoms with Gasteiger partial charge in [0, 0.05) is 19.0 Å². The molecule has 1 heterocycles. The molecule has 0 bridgehead atoms. The maximum Gasteiger partial charge on any atom is 0.307 e. The maximum atomic E-state index is 12.3. The Morgan fingerprint density at radius 3 is 2.34 bits per heavy atom. The third-order valence-electron chi connectivity index (χ3n) is 4.48. The van der Waals surface area contributed by atoms with Crippen molar-refractivity contribution in [1.29, 1.82) is 0 Å². The van der Waals surface area contributed by atoms with Crippen LogP contribution in [0.3, 0.4) is 0 Å². The molecule has 156 valence electrons. The standard InChI is InChI=1S/C21H27N3O5/c1-6-28-17-9-7-16(8-10-17)18(25)11-12-19(26)29-15(4)21(27)22-20-13(2)23-24(5)14(20)3/h7-10,15H,6,11-12H2,1-5H3,(H,22,27). The van der Waals surface area contributed by atoms with E-state index in [4.69, 9.17) is 9.47 Å². The van der Waals surface area contributed by atoms with E-state index in [1.165, 1.54) is 6.92 Å². The molecule has 1 unspecified atom stereocenters. The molecule has 1 aromatic carbocycles. The van der Waals surface area contributed by atoms with Crippen LogP contribution in [0.15, 0.2) is 24.3 Å². The van der Waals surface area contributed by atoms with E-state index < -0.39 is 18.0 Å². The van der Waals surface area contributed by atoms with Gasteiger partial charge >= 0.3 is 5.97 Å². The monoisotopic (exact) mass is 401 g/mol. The molecule has 29 heavy (non-hydrogen) atoms. The Balaban J connectivity index is 1.83. The lowest BCUT2D eigenvalue weighted by atomic mass is 10.1. The summed E-state index contributed by atoms with van der Waals surface area (Å²) < 4.78 is 12.2. The molecule has 1 N–H and O–H groups in total. The van der Waals surface area contributed by atoms with E-state index in [1.54, 1.807) is 42.9 Å². The first kappa shape index (κ1) is 22.1. The summed E-state index contributed by atoms with van der Waals surface area (Å²) in [6.45, 7) is 7.53. The lowest BCUT2D eigenvalue weighted by molar-refractivity contribution is -0.153. The van der Waals surface area contributed by atoms with Gasteiger partial charge in [-0.2, -0.15) is 5.10 Å². The molecular formula is C21H27N3O5. The van der Waals surface area contributed by atoms with Crippen molar-refractivity contribution in [2.24, 2.45) is 7.05 Å². The molecule has 0 aliphatic carbocycles. The Hall–Kier alpha value is -3.16. The molecule has 8 heteroatoms. The van der Waals surface area contributed by atoms with Crippen LogP contribution in [0.25, 0.3) is 0 Å². The molecule has 0 aliphatic rings. The minimum atomic E-state index is -0.984. The first-order chi connectivity index (χ1) is 13.7. The first-order valence-corrected chi connectivity index (χ1v) is 9.49. The van der Waals surface area contributed by atoms with Crippen molar-refractivity contribution in [3.63, 3.8) is 0 Å². The van der Waals surface area contributed by atoms with Crippen LogP contribution in [0.1, 0.15) is 48.4 Å². The number of nitrogens with one attached hydrogen (secondary N) is 1. The smallest absolute Gasteiger partial charge is 0.307 e. The molecule has 0 fully saturated rings. The zero-order chi connectivity index (χ0) is 21.6. The SMILES string of the molecule is CCOc1ccc(C(=O)CCC(=O)OC(C)C(=O)Nc2c(C)nn(C)c2C)cc1. The van der Waals surface area contributed by atoms with Gasteiger partial charge in [-0.05, 0) is 52.0 Å². The Labute approximate surface area is 170 Å². The highest BCUT2D eigenvalue weighted by Crippen LogP contribution is 2.19. The van der Waals surface area contributed by atoms with Crippen molar-refractivity contribution in [1.82, 2.24) is 9.78 Å². The van der Waals surface area contributed by atoms with E-state index >= 15 is 0 Å². The van der Waals surface area contributed by atoms with Crippen LogP contribution in [0.2, 0.25) is 0 Å². The quantitative estimate of drug-likeness (QED) is 0.512. The number of benzene rings is 1. The number of esters is 1. The number of amides is 1. The average molecular weight is 401 g/mol. The van der Waals surface area contributed by atoms with Crippen LogP contribution in [-0.4, -0.2) is 40.2 Å². The number of carbonyl (C=O) groups excluding carboxylic acids is 3. The molecule has 0 aliphatic heterocycles. The summed E-state index contributed by atoms with van der Waals surface area (Å²) in [5.74, 6) is -0.548. The number of nitrogens with zero attached hydrogens (tertiary/aromatic N) is 2. The fraction of sp³-hybridized carbons (Fsp3) is 0.429. The van der Waals surface area contributed by atoms with Crippen molar-refractivity contribution in [3.8, 4) is 5.75 Å². The fourth-order valence-electron chi connectivity index (χ4n) is 2.75. The van der Waals surface area contributed by atoms with Crippen LogP contribution in [0, 0.1) is 13.8 Å². The number of rotatable bonds is 9. The summed E-state index contributed by atoms with van der Waals surface area (Å²) in [5.41, 5.74) is 2.58. The predicted molar refractivity (Wildman–Crippen MR) is 108 cm³/mol. The summed E-state index contributed by atoms with van der Waals surface area (Å²) >= 11 is 0. The first-order valence-electron chi connectivity index (χ1n) is 9.49. The highest BCUT2D eigenvalue weighted by Gasteiger charge is 2.21. The number of Topliss-reactive ketones (excluding diaryl/α,β-unsaturated/α-hetero) is 1. The number of ether oxygens (including phenoxy) is 2. The van der Waals surface area contributed by atoms with Crippen LogP contribution in [0.4, 0.5) is 5.69 Å². The van der Waals surface area contributed by atoms with Crippen molar-refractivity contribution in [3.05, 3.63) is 41.2 Å². The number of hydrogen-bond donors (Lipinski definition) is 1. The second-order valence-corrected chi connectivity index (χ2v) is 6.67. The number of anilines is 1. The van der Waals surface area contributed by atoms with Gasteiger partial charge in [-0.1, -0.05) is 0 Å². The van der Waals surface area contributed by atoms with Gasteiger partial charge in [-0.15, -0.1) is 0 Å². The highest BCUT2D eigenvalue weighted by molar-refractivity contribution is 5.98. The lowest BCUT2D eigenvalue weighted by Gasteiger charge is -2.13. The van der Waals surface area contributed by atoms with E-state index in [0.717, 1.165) is 5.69 Å². The van der Waals surface area contributed by atoms with Gasteiger partial charge in [0.2, 0.25) is 0 Å². The summed E-state index contributed by atoms with van der Waals surface area (Å²) in [4.78, 5) is 36.6. The van der Waals surface area contributed by atoms with Gasteiger partial charge in [-0.25, -0.2) is 0 Å². The van der Waals surface area contributed by atoms with Crippen molar-refractivity contribution < 1.29 is 23.9 Å². The van der Waals surface area contributed by atoms with Gasteiger partial charge < -0.3 is 14.8 Å². The van der Waals surface area contributed by atoms with Gasteiger partial charge in [-0.3, -0.25) is 19.1 Å². The molecule has 8 nitrogen and oxygen atoms in total. The largest absolute Gasteiger partial charge is 0.494 e. The Kier molecular flexibility index (Phi) is 7.52. The second kappa shape index (κ2) is 9.86. The van der Waals surface area contributed by atoms with E-state index in [-0.39, 0.29) is 18.6 Å². The normalized spacial score (nSPS) is 11.6. The number of ketones is 1. The Bertz CT molecular complexity index is 886. The molecule has 1 aromatic heterocycles. The maximum absolute atomic E-state index is 12.3. The van der Waals surface area contributed by atoms with Crippen LogP contribution in [0.5, 0.6) is 5.75 Å². The fourth-order valence-corrected chi connectivity index (χ4v) is 2.75. The minimum Gasteiger partial charge on any atom is -0.494 e. The highest BCUT2D eigenvalue weighted by atomic mass is 16.5. The molecule has 0 saturated carbocycles. The lowest BCUT2D eigenvalue weighted by Crippen LogP contribution is -2.30. The van der Waals surface area contributed by atoms with Crippen molar-refractivity contribution in [2.75, 3.05) is 11.9 Å². The van der Waals surface area contributed by atoms with Gasteiger partial charge in [0.15, 0.2) is 11.9 Å². The number of aromatic nitrogens is 2. The van der Waals surface area contributed by atoms with E-state index in [1.807, 2.05) is 13.8 Å². The average Bonchev–Trinajstić information content (AvgIpc) is 2.92. The third kappa shape index (κ3) is 5.91. The Morgan fingerprint density at radius 1 is 1.14 bits per heavy atom. The van der Waals surface area contributed by atoms with Crippen molar-refractivity contribution in [2.45, 2.75) is 46.6 Å². The summed E-state index contributed by atoms with van der Waals surface area (Å²) in [6.07, 6.45) is -1.08. The van der Waals surface area contributed by atoms with E-state index in [2.05, 4.69) is 10.4 Å². The summed E-state index contributed by atoms with van der Waals surface area (Å²) in [6, 6.07) is 6.74. The zero-order valence-corrected chi connectivity index (χ0v) is 17.4. The van der Waals surface area contributed by atoms with Gasteiger partial charge in [0.1, 0.15) is 5.75 Å². The Morgan fingerprint density at radius 2 is 1.79 bits per heavy atom. The van der Waals surface area contributed by atoms with Gasteiger partial charge in [0.25, 0.3) is 5.91 Å². The van der Waals surface area contributed by atoms with Crippen LogP contribution < -0.4 is 10.1 Å². The molecular weight excluding hydrogens is 374 g/mol. The number of aryl methyl sites for hydroxylation is 2. The van der Waals surface area contributed by atoms with Crippen molar-refractivity contribution >= 4 is 23.3 Å². The summed E-state index contributed by atoms with van der Waals surface area (Å²) in [5, 5.41) is 6.96. The number of hydrogen-bond acceptors (Lipinski definition) is 6. The molecule has 1 amide bonds. The molecule has 0 saturated heterocycles. The van der Waals surface area contributed by atoms with E-state index in [9.17, 15) is 14.4 Å². The zero-order valence-electron chi connectivity index (χ0n) is 17.4. The number of carbonyl (C=O) groups is 3.